The molecule has 10 heteroatoms. The van der Waals surface area contributed by atoms with Gasteiger partial charge in [0.05, 0.1) is 22.5 Å². The Labute approximate surface area is 200 Å². The second-order valence-corrected chi connectivity index (χ2v) is 9.12. The third-order valence-electron chi connectivity index (χ3n) is 6.32. The number of piperidine rings is 1. The van der Waals surface area contributed by atoms with E-state index in [1.165, 1.54) is 0 Å². The molecule has 2 amide bonds. The quantitative estimate of drug-likeness (QED) is 0.548. The molecular formula is C24H26ClF3N4O2. The number of alkyl halides is 3. The van der Waals surface area contributed by atoms with Crippen LogP contribution in [-0.2, 0) is 16.1 Å². The fraction of sp³-hybridized carbons (Fsp3) is 0.417. The summed E-state index contributed by atoms with van der Waals surface area (Å²) < 4.78 is 38.7. The number of amides is 2. The highest BCUT2D eigenvalue weighted by molar-refractivity contribution is 6.33. The maximum atomic E-state index is 12.9. The Balaban J connectivity index is 1.30. The number of carbonyl (C=O) groups excluding carboxylic acids is 2. The molecule has 2 fully saturated rings. The van der Waals surface area contributed by atoms with Gasteiger partial charge in [-0.05, 0) is 48.7 Å². The number of halogens is 4. The second kappa shape index (κ2) is 10.1. The predicted molar refractivity (Wildman–Crippen MR) is 125 cm³/mol. The van der Waals surface area contributed by atoms with Crippen molar-refractivity contribution in [3.8, 4) is 0 Å². The predicted octanol–water partition coefficient (Wildman–Crippen LogP) is 4.61. The van der Waals surface area contributed by atoms with Gasteiger partial charge in [-0.25, -0.2) is 0 Å². The van der Waals surface area contributed by atoms with Crippen LogP contribution in [0.4, 0.5) is 30.2 Å². The van der Waals surface area contributed by atoms with Crippen LogP contribution in [0.15, 0.2) is 42.5 Å². The van der Waals surface area contributed by atoms with E-state index in [2.05, 4.69) is 16.0 Å². The van der Waals surface area contributed by atoms with E-state index in [9.17, 15) is 22.8 Å². The van der Waals surface area contributed by atoms with E-state index in [0.29, 0.717) is 36.9 Å². The standard InChI is InChI=1S/C24H26ClF3N4O2/c25-20-12-19(32-9-7-17(8-10-32)24(26,27)28)5-6-21(20)31-18-3-1-15(2-4-18)13-30-23(34)16-11-22(33)29-14-16/h1-6,12,16-17,31H,7-11,13-14H2,(H,29,33)(H,30,34). The Bertz CT molecular complexity index is 1040. The Kier molecular flexibility index (Phi) is 7.21. The zero-order chi connectivity index (χ0) is 24.3. The van der Waals surface area contributed by atoms with Crippen molar-refractivity contribution in [2.24, 2.45) is 11.8 Å². The van der Waals surface area contributed by atoms with Crippen LogP contribution in [0.3, 0.4) is 0 Å². The van der Waals surface area contributed by atoms with Crippen LogP contribution < -0.4 is 20.9 Å². The van der Waals surface area contributed by atoms with E-state index >= 15 is 0 Å². The molecule has 3 N–H and O–H groups in total. The number of carbonyl (C=O) groups is 2. The van der Waals surface area contributed by atoms with Gasteiger partial charge in [0.15, 0.2) is 0 Å². The monoisotopic (exact) mass is 494 g/mol. The van der Waals surface area contributed by atoms with Crippen molar-refractivity contribution in [3.05, 3.63) is 53.1 Å². The van der Waals surface area contributed by atoms with Crippen LogP contribution >= 0.6 is 11.6 Å². The minimum atomic E-state index is -4.13. The summed E-state index contributed by atoms with van der Waals surface area (Å²) in [6, 6.07) is 12.9. The van der Waals surface area contributed by atoms with Gasteiger partial charge in [-0.15, -0.1) is 0 Å². The fourth-order valence-electron chi connectivity index (χ4n) is 4.25. The molecule has 1 atom stereocenters. The van der Waals surface area contributed by atoms with Crippen molar-refractivity contribution in [1.29, 1.82) is 0 Å². The van der Waals surface area contributed by atoms with Crippen LogP contribution in [0.5, 0.6) is 0 Å². The molecule has 2 saturated heterocycles. The smallest absolute Gasteiger partial charge is 0.371 e. The van der Waals surface area contributed by atoms with Crippen LogP contribution in [0.1, 0.15) is 24.8 Å². The zero-order valence-electron chi connectivity index (χ0n) is 18.4. The lowest BCUT2D eigenvalue weighted by Gasteiger charge is -2.34. The molecule has 0 spiro atoms. The van der Waals surface area contributed by atoms with Gasteiger partial charge in [-0.1, -0.05) is 23.7 Å². The number of hydrogen-bond donors (Lipinski definition) is 3. The van der Waals surface area contributed by atoms with Gasteiger partial charge < -0.3 is 20.9 Å². The average Bonchev–Trinajstić information content (AvgIpc) is 3.25. The molecule has 0 radical (unpaired) electrons. The van der Waals surface area contributed by atoms with Crippen LogP contribution in [-0.4, -0.2) is 37.6 Å². The van der Waals surface area contributed by atoms with E-state index in [1.54, 1.807) is 6.07 Å². The van der Waals surface area contributed by atoms with Gasteiger partial charge in [0.2, 0.25) is 11.8 Å². The first-order valence-electron chi connectivity index (χ1n) is 11.2. The van der Waals surface area contributed by atoms with Crippen LogP contribution in [0, 0.1) is 11.8 Å². The van der Waals surface area contributed by atoms with Crippen LogP contribution in [0.25, 0.3) is 0 Å². The molecule has 182 valence electrons. The van der Waals surface area contributed by atoms with Crippen molar-refractivity contribution in [2.45, 2.75) is 32.0 Å². The molecule has 6 nitrogen and oxygen atoms in total. The van der Waals surface area contributed by atoms with Crippen molar-refractivity contribution >= 4 is 40.5 Å². The summed E-state index contributed by atoms with van der Waals surface area (Å²) >= 11 is 6.44. The normalized spacial score (nSPS) is 19.1. The highest BCUT2D eigenvalue weighted by Crippen LogP contribution is 2.37. The van der Waals surface area contributed by atoms with Gasteiger partial charge in [-0.3, -0.25) is 9.59 Å². The first-order chi connectivity index (χ1) is 16.2. The third-order valence-corrected chi connectivity index (χ3v) is 6.64. The number of hydrogen-bond acceptors (Lipinski definition) is 4. The molecule has 34 heavy (non-hydrogen) atoms. The molecule has 4 rings (SSSR count). The molecule has 2 aliphatic rings. The van der Waals surface area contributed by atoms with Crippen molar-refractivity contribution < 1.29 is 22.8 Å². The summed E-state index contributed by atoms with van der Waals surface area (Å²) in [6.07, 6.45) is -3.74. The van der Waals surface area contributed by atoms with Crippen molar-refractivity contribution in [2.75, 3.05) is 29.9 Å². The number of anilines is 3. The Hall–Kier alpha value is -2.94. The largest absolute Gasteiger partial charge is 0.391 e. The van der Waals surface area contributed by atoms with Crippen molar-refractivity contribution in [1.82, 2.24) is 10.6 Å². The van der Waals surface area contributed by atoms with E-state index in [0.717, 1.165) is 16.9 Å². The molecule has 1 unspecified atom stereocenters. The average molecular weight is 495 g/mol. The maximum absolute atomic E-state index is 12.9. The Morgan fingerprint density at radius 2 is 1.82 bits per heavy atom. The molecule has 0 aliphatic carbocycles. The maximum Gasteiger partial charge on any atom is 0.391 e. The SMILES string of the molecule is O=C1CC(C(=O)NCc2ccc(Nc3ccc(N4CCC(C(F)(F)F)CC4)cc3Cl)cc2)CN1. The van der Waals surface area contributed by atoms with E-state index in [4.69, 9.17) is 11.6 Å². The molecule has 2 aromatic rings. The first kappa shape index (κ1) is 24.2. The zero-order valence-corrected chi connectivity index (χ0v) is 19.2. The Morgan fingerprint density at radius 1 is 1.12 bits per heavy atom. The minimum Gasteiger partial charge on any atom is -0.371 e. The summed E-state index contributed by atoms with van der Waals surface area (Å²) in [6.45, 7) is 1.43. The lowest BCUT2D eigenvalue weighted by Crippen LogP contribution is -2.39. The summed E-state index contributed by atoms with van der Waals surface area (Å²) in [7, 11) is 0. The number of nitrogens with one attached hydrogen (secondary N) is 3. The number of nitrogens with zero attached hydrogens (tertiary/aromatic N) is 1. The fourth-order valence-corrected chi connectivity index (χ4v) is 4.47. The van der Waals surface area contributed by atoms with Gasteiger partial charge in [-0.2, -0.15) is 13.2 Å². The van der Waals surface area contributed by atoms with Gasteiger partial charge in [0.1, 0.15) is 0 Å². The summed E-state index contributed by atoms with van der Waals surface area (Å²) in [4.78, 5) is 25.3. The van der Waals surface area contributed by atoms with E-state index in [-0.39, 0.29) is 37.0 Å². The lowest BCUT2D eigenvalue weighted by molar-refractivity contribution is -0.179. The Morgan fingerprint density at radius 3 is 2.41 bits per heavy atom. The van der Waals surface area contributed by atoms with E-state index < -0.39 is 12.1 Å². The lowest BCUT2D eigenvalue weighted by atomic mass is 9.96. The second-order valence-electron chi connectivity index (χ2n) is 8.71. The molecule has 2 aromatic carbocycles. The number of rotatable bonds is 6. The minimum absolute atomic E-state index is 0.0869. The van der Waals surface area contributed by atoms with Gasteiger partial charge in [0.25, 0.3) is 0 Å². The van der Waals surface area contributed by atoms with Crippen molar-refractivity contribution in [3.63, 3.8) is 0 Å². The first-order valence-corrected chi connectivity index (χ1v) is 11.6. The molecular weight excluding hydrogens is 469 g/mol. The summed E-state index contributed by atoms with van der Waals surface area (Å²) in [5.41, 5.74) is 3.22. The molecule has 2 aliphatic heterocycles. The third kappa shape index (κ3) is 5.94. The summed E-state index contributed by atoms with van der Waals surface area (Å²) in [5.74, 6) is -1.81. The highest BCUT2D eigenvalue weighted by Gasteiger charge is 2.41. The number of benzene rings is 2. The molecule has 0 saturated carbocycles. The van der Waals surface area contributed by atoms with Gasteiger partial charge in [0, 0.05) is 44.0 Å². The highest BCUT2D eigenvalue weighted by atomic mass is 35.5. The summed E-state index contributed by atoms with van der Waals surface area (Å²) in [5, 5.41) is 9.22. The molecule has 0 bridgehead atoms. The van der Waals surface area contributed by atoms with E-state index in [1.807, 2.05) is 41.3 Å². The molecule has 0 aromatic heterocycles. The van der Waals surface area contributed by atoms with Gasteiger partial charge >= 0.3 is 6.18 Å². The topological polar surface area (TPSA) is 73.5 Å². The molecule has 2 heterocycles. The van der Waals surface area contributed by atoms with Crippen LogP contribution in [0.2, 0.25) is 5.02 Å².